The van der Waals surface area contributed by atoms with E-state index in [0.717, 1.165) is 0 Å². The third kappa shape index (κ3) is 3.10. The summed E-state index contributed by atoms with van der Waals surface area (Å²) in [5.74, 6) is -0.577. The predicted molar refractivity (Wildman–Crippen MR) is 78.7 cm³/mol. The van der Waals surface area contributed by atoms with Crippen LogP contribution < -0.4 is 4.74 Å². The fourth-order valence-corrected chi connectivity index (χ4v) is 2.03. The van der Waals surface area contributed by atoms with Crippen LogP contribution in [0.25, 0.3) is 5.57 Å². The maximum absolute atomic E-state index is 11.3. The molecule has 0 heterocycles. The van der Waals surface area contributed by atoms with Crippen LogP contribution in [0.2, 0.25) is 0 Å². The number of carboxylic acid groups (broad SMARTS) is 1. The van der Waals surface area contributed by atoms with Crippen LogP contribution in [0, 0.1) is 11.3 Å². The average molecular weight is 279 g/mol. The van der Waals surface area contributed by atoms with E-state index in [9.17, 15) is 15.2 Å². The Bertz CT molecular complexity index is 710. The van der Waals surface area contributed by atoms with E-state index >= 15 is 0 Å². The van der Waals surface area contributed by atoms with Crippen molar-refractivity contribution in [1.82, 2.24) is 0 Å². The van der Waals surface area contributed by atoms with Crippen LogP contribution in [0.1, 0.15) is 11.1 Å². The molecular formula is C17H13NO3. The van der Waals surface area contributed by atoms with Gasteiger partial charge >= 0.3 is 5.97 Å². The van der Waals surface area contributed by atoms with Gasteiger partial charge in [0, 0.05) is 5.57 Å². The number of carbonyl (C=O) groups is 1. The summed E-state index contributed by atoms with van der Waals surface area (Å²) in [7, 11) is 1.56. The minimum atomic E-state index is -1.24. The highest BCUT2D eigenvalue weighted by Crippen LogP contribution is 2.28. The molecule has 0 aromatic heterocycles. The monoisotopic (exact) mass is 279 g/mol. The Kier molecular flexibility index (Phi) is 4.37. The molecule has 0 atom stereocenters. The zero-order valence-corrected chi connectivity index (χ0v) is 11.4. The molecule has 0 radical (unpaired) electrons. The van der Waals surface area contributed by atoms with Crippen LogP contribution in [-0.4, -0.2) is 18.2 Å². The van der Waals surface area contributed by atoms with E-state index in [0.29, 0.717) is 22.4 Å². The van der Waals surface area contributed by atoms with Gasteiger partial charge in [-0.1, -0.05) is 42.5 Å². The molecule has 0 aliphatic rings. The molecule has 0 amide bonds. The summed E-state index contributed by atoms with van der Waals surface area (Å²) in [6.07, 6.45) is 0. The molecule has 0 spiro atoms. The number of nitrogens with zero attached hydrogens (tertiary/aromatic N) is 1. The Hall–Kier alpha value is -3.06. The number of aliphatic carboxylic acids is 1. The number of rotatable bonds is 4. The van der Waals surface area contributed by atoms with Gasteiger partial charge in [0.15, 0.2) is 0 Å². The summed E-state index contributed by atoms with van der Waals surface area (Å²) in [6, 6.07) is 17.7. The molecule has 2 aromatic carbocycles. The smallest absolute Gasteiger partial charge is 0.347 e. The van der Waals surface area contributed by atoms with Crippen molar-refractivity contribution in [3.8, 4) is 11.8 Å². The molecular weight excluding hydrogens is 266 g/mol. The number of methoxy groups -OCH3 is 1. The van der Waals surface area contributed by atoms with Gasteiger partial charge < -0.3 is 9.84 Å². The lowest BCUT2D eigenvalue weighted by Crippen LogP contribution is -2.03. The van der Waals surface area contributed by atoms with Crippen molar-refractivity contribution in [2.24, 2.45) is 0 Å². The molecule has 4 heteroatoms. The Labute approximate surface area is 122 Å². The highest BCUT2D eigenvalue weighted by atomic mass is 16.5. The maximum atomic E-state index is 11.3. The zero-order valence-electron chi connectivity index (χ0n) is 11.4. The second-order valence-corrected chi connectivity index (χ2v) is 4.26. The van der Waals surface area contributed by atoms with E-state index in [1.165, 1.54) is 0 Å². The largest absolute Gasteiger partial charge is 0.497 e. The summed E-state index contributed by atoms with van der Waals surface area (Å²) in [5.41, 5.74) is 1.45. The lowest BCUT2D eigenvalue weighted by atomic mass is 9.93. The molecule has 0 saturated heterocycles. The molecule has 4 nitrogen and oxygen atoms in total. The summed E-state index contributed by atoms with van der Waals surface area (Å²) in [6.45, 7) is 0. The molecule has 2 aromatic rings. The van der Waals surface area contributed by atoms with Gasteiger partial charge in [-0.25, -0.2) is 4.79 Å². The standard InChI is InChI=1S/C17H13NO3/c1-21-14-9-7-13(8-10-14)16(15(11-18)17(19)20)12-5-3-2-4-6-12/h2-10H,1H3,(H,19,20)/b16-15-. The molecule has 0 bridgehead atoms. The molecule has 0 aliphatic carbocycles. The number of carboxylic acids is 1. The molecule has 0 unspecified atom stereocenters. The summed E-state index contributed by atoms with van der Waals surface area (Å²) in [5, 5.41) is 18.4. The second kappa shape index (κ2) is 6.40. The van der Waals surface area contributed by atoms with Gasteiger partial charge in [-0.2, -0.15) is 5.26 Å². The Morgan fingerprint density at radius 2 is 1.62 bits per heavy atom. The first-order valence-corrected chi connectivity index (χ1v) is 6.25. The van der Waals surface area contributed by atoms with Crippen molar-refractivity contribution in [1.29, 1.82) is 5.26 Å². The molecule has 104 valence electrons. The lowest BCUT2D eigenvalue weighted by molar-refractivity contribution is -0.132. The van der Waals surface area contributed by atoms with Crippen molar-refractivity contribution in [2.75, 3.05) is 7.11 Å². The van der Waals surface area contributed by atoms with Gasteiger partial charge in [0.05, 0.1) is 7.11 Å². The fraction of sp³-hybridized carbons (Fsp3) is 0.0588. The minimum absolute atomic E-state index is 0.286. The van der Waals surface area contributed by atoms with E-state index in [1.807, 2.05) is 6.07 Å². The van der Waals surface area contributed by atoms with Crippen molar-refractivity contribution in [2.45, 2.75) is 0 Å². The third-order valence-corrected chi connectivity index (χ3v) is 3.02. The second-order valence-electron chi connectivity index (χ2n) is 4.26. The molecule has 0 aliphatic heterocycles. The van der Waals surface area contributed by atoms with Gasteiger partial charge in [0.2, 0.25) is 0 Å². The average Bonchev–Trinajstić information content (AvgIpc) is 2.53. The fourth-order valence-electron chi connectivity index (χ4n) is 2.03. The van der Waals surface area contributed by atoms with Gasteiger partial charge in [-0.15, -0.1) is 0 Å². The molecule has 0 saturated carbocycles. The summed E-state index contributed by atoms with van der Waals surface area (Å²) in [4.78, 5) is 11.3. The molecule has 0 fully saturated rings. The lowest BCUT2D eigenvalue weighted by Gasteiger charge is -2.10. The van der Waals surface area contributed by atoms with Gasteiger partial charge in [-0.3, -0.25) is 0 Å². The van der Waals surface area contributed by atoms with Crippen LogP contribution in [0.4, 0.5) is 0 Å². The normalized spacial score (nSPS) is 11.2. The van der Waals surface area contributed by atoms with E-state index in [2.05, 4.69) is 0 Å². The molecule has 1 N–H and O–H groups in total. The van der Waals surface area contributed by atoms with Crippen LogP contribution in [0.3, 0.4) is 0 Å². The van der Waals surface area contributed by atoms with Crippen LogP contribution >= 0.6 is 0 Å². The maximum Gasteiger partial charge on any atom is 0.347 e. The first-order valence-electron chi connectivity index (χ1n) is 6.25. The van der Waals surface area contributed by atoms with Crippen LogP contribution in [0.5, 0.6) is 5.75 Å². The van der Waals surface area contributed by atoms with Gasteiger partial charge in [0.25, 0.3) is 0 Å². The highest BCUT2D eigenvalue weighted by Gasteiger charge is 2.17. The predicted octanol–water partition coefficient (Wildman–Crippen LogP) is 3.11. The van der Waals surface area contributed by atoms with Crippen molar-refractivity contribution in [3.63, 3.8) is 0 Å². The molecule has 21 heavy (non-hydrogen) atoms. The Morgan fingerprint density at radius 3 is 2.10 bits per heavy atom. The summed E-state index contributed by atoms with van der Waals surface area (Å²) >= 11 is 0. The number of nitriles is 1. The summed E-state index contributed by atoms with van der Waals surface area (Å²) < 4.78 is 5.09. The Balaban J connectivity index is 2.67. The number of benzene rings is 2. The van der Waals surface area contributed by atoms with Crippen molar-refractivity contribution in [3.05, 3.63) is 71.3 Å². The van der Waals surface area contributed by atoms with Gasteiger partial charge in [0.1, 0.15) is 17.4 Å². The quantitative estimate of drug-likeness (QED) is 0.689. The van der Waals surface area contributed by atoms with E-state index in [1.54, 1.807) is 61.7 Å². The van der Waals surface area contributed by atoms with Crippen LogP contribution in [-0.2, 0) is 4.79 Å². The van der Waals surface area contributed by atoms with E-state index < -0.39 is 5.97 Å². The number of ether oxygens (including phenoxy) is 1. The first-order chi connectivity index (χ1) is 10.2. The van der Waals surface area contributed by atoms with Crippen molar-refractivity contribution < 1.29 is 14.6 Å². The van der Waals surface area contributed by atoms with Crippen LogP contribution in [0.15, 0.2) is 60.2 Å². The third-order valence-electron chi connectivity index (χ3n) is 3.02. The SMILES string of the molecule is COc1ccc(/C(=C(/C#N)C(=O)O)c2ccccc2)cc1. The van der Waals surface area contributed by atoms with Crippen molar-refractivity contribution >= 4 is 11.5 Å². The first kappa shape index (κ1) is 14.4. The molecule has 2 rings (SSSR count). The highest BCUT2D eigenvalue weighted by molar-refractivity contribution is 6.04. The number of hydrogen-bond donors (Lipinski definition) is 1. The Morgan fingerprint density at radius 1 is 1.05 bits per heavy atom. The van der Waals surface area contributed by atoms with Gasteiger partial charge in [-0.05, 0) is 23.3 Å². The topological polar surface area (TPSA) is 70.3 Å². The zero-order chi connectivity index (χ0) is 15.2. The van der Waals surface area contributed by atoms with E-state index in [4.69, 9.17) is 4.74 Å². The number of hydrogen-bond acceptors (Lipinski definition) is 3. The minimum Gasteiger partial charge on any atom is -0.497 e. The van der Waals surface area contributed by atoms with E-state index in [-0.39, 0.29) is 5.57 Å².